The van der Waals surface area contributed by atoms with E-state index in [0.717, 1.165) is 6.20 Å². The molecule has 23 heavy (non-hydrogen) atoms. The molecule has 1 N–H and O–H groups in total. The zero-order chi connectivity index (χ0) is 16.8. The van der Waals surface area contributed by atoms with E-state index in [4.69, 9.17) is 0 Å². The van der Waals surface area contributed by atoms with Crippen LogP contribution in [0.15, 0.2) is 17.1 Å². The zero-order valence-corrected chi connectivity index (χ0v) is 13.6. The van der Waals surface area contributed by atoms with Gasteiger partial charge < -0.3 is 4.90 Å². The van der Waals surface area contributed by atoms with Crippen molar-refractivity contribution in [3.05, 3.63) is 28.6 Å². The number of imidazole rings is 1. The first-order valence-electron chi connectivity index (χ1n) is 7.82. The fourth-order valence-corrected chi connectivity index (χ4v) is 3.14. The molecule has 2 aromatic heterocycles. The third-order valence-electron chi connectivity index (χ3n) is 4.30. The van der Waals surface area contributed by atoms with Crippen molar-refractivity contribution >= 4 is 17.1 Å². The third kappa shape index (κ3) is 2.87. The molecular formula is C16H21FN4O2. The van der Waals surface area contributed by atoms with Crippen LogP contribution in [-0.2, 0) is 4.79 Å². The van der Waals surface area contributed by atoms with E-state index in [1.165, 1.54) is 6.07 Å². The number of hydrogen-bond donors (Lipinski definition) is 1. The largest absolute Gasteiger partial charge is 0.342 e. The minimum atomic E-state index is -0.467. The number of carbonyl (C=O) groups excluding carboxylic acids is 1. The maximum absolute atomic E-state index is 13.4. The summed E-state index contributed by atoms with van der Waals surface area (Å²) in [7, 11) is 0. The molecule has 1 saturated heterocycles. The van der Waals surface area contributed by atoms with Gasteiger partial charge in [0.05, 0.1) is 11.7 Å². The summed E-state index contributed by atoms with van der Waals surface area (Å²) < 4.78 is 15.0. The summed E-state index contributed by atoms with van der Waals surface area (Å²) in [5.41, 5.74) is 0.191. The highest BCUT2D eigenvalue weighted by Crippen LogP contribution is 2.27. The number of nitrogens with one attached hydrogen (secondary N) is 1. The van der Waals surface area contributed by atoms with Crippen LogP contribution in [0.25, 0.3) is 11.2 Å². The van der Waals surface area contributed by atoms with Gasteiger partial charge in [-0.2, -0.15) is 0 Å². The Balaban J connectivity index is 1.83. The second kappa shape index (κ2) is 5.47. The number of hydrogen-bond acceptors (Lipinski definition) is 3. The fraction of sp³-hybridized carbons (Fsp3) is 0.562. The van der Waals surface area contributed by atoms with E-state index in [2.05, 4.69) is 9.97 Å². The molecule has 0 unspecified atom stereocenters. The van der Waals surface area contributed by atoms with Crippen molar-refractivity contribution in [3.8, 4) is 0 Å². The third-order valence-corrected chi connectivity index (χ3v) is 4.30. The number of fused-ring (bicyclic) bond motifs is 1. The Hall–Kier alpha value is -2.18. The molecule has 3 heterocycles. The molecule has 7 heteroatoms. The van der Waals surface area contributed by atoms with Crippen LogP contribution in [0.2, 0.25) is 0 Å². The van der Waals surface area contributed by atoms with Gasteiger partial charge in [0, 0.05) is 30.6 Å². The molecule has 0 saturated carbocycles. The summed E-state index contributed by atoms with van der Waals surface area (Å²) in [5, 5.41) is 0. The highest BCUT2D eigenvalue weighted by Gasteiger charge is 2.31. The Morgan fingerprint density at radius 2 is 2.00 bits per heavy atom. The number of aromatic amines is 1. The number of likely N-dealkylation sites (tertiary alicyclic amines) is 1. The maximum atomic E-state index is 13.4. The number of amides is 1. The van der Waals surface area contributed by atoms with Gasteiger partial charge in [0.1, 0.15) is 5.82 Å². The van der Waals surface area contributed by atoms with E-state index < -0.39 is 11.2 Å². The van der Waals surface area contributed by atoms with Crippen molar-refractivity contribution in [2.45, 2.75) is 39.7 Å². The molecule has 0 bridgehead atoms. The standard InChI is InChI=1S/C16H21FN4O2/c1-16(2,3)14(22)20-6-4-11(5-7-20)21-12-8-10(17)9-18-13(12)19-15(21)23/h8-9,11H,4-7H2,1-3H3,(H,18,19,23). The van der Waals surface area contributed by atoms with Crippen molar-refractivity contribution in [2.24, 2.45) is 5.41 Å². The van der Waals surface area contributed by atoms with E-state index in [-0.39, 0.29) is 17.6 Å². The molecule has 0 aromatic carbocycles. The quantitative estimate of drug-likeness (QED) is 0.874. The van der Waals surface area contributed by atoms with Gasteiger partial charge in [0.25, 0.3) is 0 Å². The van der Waals surface area contributed by atoms with Gasteiger partial charge in [0.2, 0.25) is 5.91 Å². The van der Waals surface area contributed by atoms with Crippen LogP contribution >= 0.6 is 0 Å². The highest BCUT2D eigenvalue weighted by atomic mass is 19.1. The van der Waals surface area contributed by atoms with Crippen LogP contribution in [0.4, 0.5) is 4.39 Å². The number of nitrogens with zero attached hydrogens (tertiary/aromatic N) is 3. The minimum Gasteiger partial charge on any atom is -0.342 e. The van der Waals surface area contributed by atoms with Gasteiger partial charge in [0.15, 0.2) is 5.65 Å². The van der Waals surface area contributed by atoms with E-state index in [9.17, 15) is 14.0 Å². The van der Waals surface area contributed by atoms with Crippen LogP contribution in [0.5, 0.6) is 0 Å². The number of H-pyrrole nitrogens is 1. The van der Waals surface area contributed by atoms with E-state index in [0.29, 0.717) is 37.1 Å². The average molecular weight is 320 g/mol. The lowest BCUT2D eigenvalue weighted by Gasteiger charge is -2.36. The summed E-state index contributed by atoms with van der Waals surface area (Å²) >= 11 is 0. The lowest BCUT2D eigenvalue weighted by atomic mass is 9.93. The van der Waals surface area contributed by atoms with Crippen molar-refractivity contribution in [1.82, 2.24) is 19.4 Å². The van der Waals surface area contributed by atoms with Crippen LogP contribution in [0.1, 0.15) is 39.7 Å². The van der Waals surface area contributed by atoms with Crippen LogP contribution in [0.3, 0.4) is 0 Å². The second-order valence-electron chi connectivity index (χ2n) is 7.09. The Labute approximate surface area is 133 Å². The molecular weight excluding hydrogens is 299 g/mol. The molecule has 0 aliphatic carbocycles. The SMILES string of the molecule is CC(C)(C)C(=O)N1CCC(n2c(=O)[nH]c3ncc(F)cc32)CC1. The van der Waals surface area contributed by atoms with Crippen LogP contribution < -0.4 is 5.69 Å². The van der Waals surface area contributed by atoms with Crippen molar-refractivity contribution in [1.29, 1.82) is 0 Å². The lowest BCUT2D eigenvalue weighted by Crippen LogP contribution is -2.45. The topological polar surface area (TPSA) is 71.0 Å². The predicted octanol–water partition coefficient (Wildman–Crippen LogP) is 2.07. The van der Waals surface area contributed by atoms with Gasteiger partial charge in [-0.1, -0.05) is 20.8 Å². The minimum absolute atomic E-state index is 0.0520. The number of piperidine rings is 1. The summed E-state index contributed by atoms with van der Waals surface area (Å²) in [6.45, 7) is 6.91. The number of carbonyl (C=O) groups is 1. The molecule has 0 atom stereocenters. The first-order chi connectivity index (χ1) is 10.8. The number of pyridine rings is 1. The van der Waals surface area contributed by atoms with Gasteiger partial charge in [-0.15, -0.1) is 0 Å². The smallest absolute Gasteiger partial charge is 0.327 e. The molecule has 6 nitrogen and oxygen atoms in total. The van der Waals surface area contributed by atoms with Crippen molar-refractivity contribution in [3.63, 3.8) is 0 Å². The number of rotatable bonds is 1. The van der Waals surface area contributed by atoms with Gasteiger partial charge in [-0.25, -0.2) is 14.2 Å². The average Bonchev–Trinajstić information content (AvgIpc) is 2.81. The zero-order valence-electron chi connectivity index (χ0n) is 13.6. The molecule has 1 aliphatic rings. The molecule has 0 radical (unpaired) electrons. The van der Waals surface area contributed by atoms with E-state index in [1.807, 2.05) is 25.7 Å². The fourth-order valence-electron chi connectivity index (χ4n) is 3.14. The Kier molecular flexibility index (Phi) is 3.74. The van der Waals surface area contributed by atoms with Crippen LogP contribution in [-0.4, -0.2) is 38.4 Å². The predicted molar refractivity (Wildman–Crippen MR) is 84.6 cm³/mol. The molecule has 2 aromatic rings. The Morgan fingerprint density at radius 3 is 2.61 bits per heavy atom. The summed E-state index contributed by atoms with van der Waals surface area (Å²) in [6.07, 6.45) is 2.43. The molecule has 1 aliphatic heterocycles. The monoisotopic (exact) mass is 320 g/mol. The molecule has 1 fully saturated rings. The molecule has 0 spiro atoms. The van der Waals surface area contributed by atoms with Crippen molar-refractivity contribution in [2.75, 3.05) is 13.1 Å². The van der Waals surface area contributed by atoms with Crippen LogP contribution in [0, 0.1) is 11.2 Å². The molecule has 3 rings (SSSR count). The second-order valence-corrected chi connectivity index (χ2v) is 7.09. The Bertz CT molecular complexity index is 794. The van der Waals surface area contributed by atoms with Gasteiger partial charge >= 0.3 is 5.69 Å². The summed E-state index contributed by atoms with van der Waals surface area (Å²) in [4.78, 5) is 32.9. The normalized spacial score (nSPS) is 17.0. The highest BCUT2D eigenvalue weighted by molar-refractivity contribution is 5.81. The summed E-state index contributed by atoms with van der Waals surface area (Å²) in [6, 6.07) is 1.27. The maximum Gasteiger partial charge on any atom is 0.327 e. The number of halogens is 1. The van der Waals surface area contributed by atoms with Crippen molar-refractivity contribution < 1.29 is 9.18 Å². The first-order valence-corrected chi connectivity index (χ1v) is 7.82. The Morgan fingerprint density at radius 1 is 1.35 bits per heavy atom. The number of aromatic nitrogens is 3. The van der Waals surface area contributed by atoms with Gasteiger partial charge in [-0.05, 0) is 12.8 Å². The summed E-state index contributed by atoms with van der Waals surface area (Å²) in [5.74, 6) is -0.347. The van der Waals surface area contributed by atoms with E-state index >= 15 is 0 Å². The molecule has 1 amide bonds. The van der Waals surface area contributed by atoms with Gasteiger partial charge in [-0.3, -0.25) is 14.3 Å². The first kappa shape index (κ1) is 15.7. The van der Waals surface area contributed by atoms with E-state index in [1.54, 1.807) is 4.57 Å². The molecule has 124 valence electrons. The lowest BCUT2D eigenvalue weighted by molar-refractivity contribution is -0.140.